The summed E-state index contributed by atoms with van der Waals surface area (Å²) in [6, 6.07) is 11.1. The number of ether oxygens (including phenoxy) is 1. The second-order valence-electron chi connectivity index (χ2n) is 3.75. The van der Waals surface area contributed by atoms with E-state index in [1.165, 1.54) is 0 Å². The van der Waals surface area contributed by atoms with Crippen molar-refractivity contribution in [2.45, 2.75) is 0 Å². The third kappa shape index (κ3) is 2.32. The van der Waals surface area contributed by atoms with Crippen LogP contribution in [0.2, 0.25) is 0 Å². The maximum absolute atomic E-state index is 8.22. The monoisotopic (exact) mass is 241 g/mol. The summed E-state index contributed by atoms with van der Waals surface area (Å²) in [5.41, 5.74) is 2.06. The van der Waals surface area contributed by atoms with Crippen LogP contribution in [0.25, 0.3) is 0 Å². The number of methoxy groups -OCH3 is 1. The predicted molar refractivity (Wildman–Crippen MR) is 72.7 cm³/mol. The minimum absolute atomic E-state index is 0.440. The number of pyridine rings is 1. The second kappa shape index (κ2) is 5.31. The summed E-state index contributed by atoms with van der Waals surface area (Å²) in [6.45, 7) is 0. The van der Waals surface area contributed by atoms with Crippen LogP contribution >= 0.6 is 0 Å². The number of anilines is 1. The molecule has 0 fully saturated rings. The van der Waals surface area contributed by atoms with Gasteiger partial charge in [0.05, 0.1) is 12.8 Å². The van der Waals surface area contributed by atoms with Crippen LogP contribution < -0.4 is 10.1 Å². The summed E-state index contributed by atoms with van der Waals surface area (Å²) in [5, 5.41) is 11.2. The van der Waals surface area contributed by atoms with Gasteiger partial charge in [0.25, 0.3) is 0 Å². The molecule has 2 aromatic rings. The number of rotatable bonds is 4. The first-order valence-electron chi connectivity index (χ1n) is 5.62. The van der Waals surface area contributed by atoms with E-state index in [0.717, 1.165) is 16.9 Å². The van der Waals surface area contributed by atoms with Crippen molar-refractivity contribution in [3.8, 4) is 5.75 Å². The minimum atomic E-state index is 0.440. The molecule has 2 rings (SSSR count). The fourth-order valence-electron chi connectivity index (χ4n) is 1.72. The van der Waals surface area contributed by atoms with Gasteiger partial charge in [-0.1, -0.05) is 0 Å². The molecule has 0 aliphatic rings. The lowest BCUT2D eigenvalue weighted by Crippen LogP contribution is -2.06. The molecule has 18 heavy (non-hydrogen) atoms. The van der Waals surface area contributed by atoms with Gasteiger partial charge in [0, 0.05) is 24.4 Å². The smallest absolute Gasteiger partial charge is 0.135 e. The Morgan fingerprint density at radius 3 is 2.56 bits per heavy atom. The number of nitrogens with zero attached hydrogens (tertiary/aromatic N) is 1. The summed E-state index contributed by atoms with van der Waals surface area (Å²) in [4.78, 5) is 4.20. The van der Waals surface area contributed by atoms with Crippen LogP contribution in [0.5, 0.6) is 5.75 Å². The lowest BCUT2D eigenvalue weighted by molar-refractivity contribution is 0.415. The van der Waals surface area contributed by atoms with Gasteiger partial charge in [0.1, 0.15) is 11.6 Å². The Morgan fingerprint density at radius 2 is 1.94 bits per heavy atom. The zero-order valence-corrected chi connectivity index (χ0v) is 10.4. The molecule has 0 aliphatic carbocycles. The van der Waals surface area contributed by atoms with E-state index in [-0.39, 0.29) is 0 Å². The third-order valence-electron chi connectivity index (χ3n) is 2.69. The van der Waals surface area contributed by atoms with Crippen molar-refractivity contribution in [3.63, 3.8) is 0 Å². The summed E-state index contributed by atoms with van der Waals surface area (Å²) in [6.07, 6.45) is 1.70. The van der Waals surface area contributed by atoms with Crippen LogP contribution in [0.4, 0.5) is 5.82 Å². The van der Waals surface area contributed by atoms with Gasteiger partial charge < -0.3 is 10.1 Å². The molecule has 0 spiro atoms. The van der Waals surface area contributed by atoms with Crippen molar-refractivity contribution in [3.05, 3.63) is 53.7 Å². The highest BCUT2D eigenvalue weighted by Gasteiger charge is 2.09. The van der Waals surface area contributed by atoms with Crippen molar-refractivity contribution in [1.82, 2.24) is 4.98 Å². The molecule has 0 saturated heterocycles. The van der Waals surface area contributed by atoms with Crippen LogP contribution in [-0.4, -0.2) is 24.9 Å². The molecule has 0 bridgehead atoms. The summed E-state index contributed by atoms with van der Waals surface area (Å²) >= 11 is 0. The first-order chi connectivity index (χ1) is 8.76. The Morgan fingerprint density at radius 1 is 1.22 bits per heavy atom. The Balaban J connectivity index is 2.35. The van der Waals surface area contributed by atoms with Gasteiger partial charge in [-0.05, 0) is 36.4 Å². The van der Waals surface area contributed by atoms with Crippen molar-refractivity contribution in [2.24, 2.45) is 0 Å². The highest BCUT2D eigenvalue weighted by atomic mass is 16.5. The van der Waals surface area contributed by atoms with Crippen LogP contribution in [0.15, 0.2) is 42.6 Å². The molecular weight excluding hydrogens is 226 g/mol. The van der Waals surface area contributed by atoms with Gasteiger partial charge in [-0.3, -0.25) is 5.41 Å². The topological polar surface area (TPSA) is 58.0 Å². The highest BCUT2D eigenvalue weighted by Crippen LogP contribution is 2.18. The third-order valence-corrected chi connectivity index (χ3v) is 2.69. The Hall–Kier alpha value is -2.36. The Bertz CT molecular complexity index is 549. The summed E-state index contributed by atoms with van der Waals surface area (Å²) < 4.78 is 5.10. The average molecular weight is 241 g/mol. The fourth-order valence-corrected chi connectivity index (χ4v) is 1.72. The van der Waals surface area contributed by atoms with E-state index in [1.807, 2.05) is 36.4 Å². The SMILES string of the molecule is CNc1ncccc1C(=N)c1ccc(OC)cc1. The second-order valence-corrected chi connectivity index (χ2v) is 3.75. The zero-order chi connectivity index (χ0) is 13.0. The molecule has 1 aromatic heterocycles. The number of nitrogens with one attached hydrogen (secondary N) is 2. The van der Waals surface area contributed by atoms with E-state index >= 15 is 0 Å². The molecular formula is C14H15N3O. The summed E-state index contributed by atoms with van der Waals surface area (Å²) in [7, 11) is 3.42. The number of benzene rings is 1. The normalized spacial score (nSPS) is 9.89. The van der Waals surface area contributed by atoms with Crippen LogP contribution in [0.3, 0.4) is 0 Å². The molecule has 1 heterocycles. The zero-order valence-electron chi connectivity index (χ0n) is 10.4. The summed E-state index contributed by atoms with van der Waals surface area (Å²) in [5.74, 6) is 1.49. The largest absolute Gasteiger partial charge is 0.497 e. The van der Waals surface area contributed by atoms with Gasteiger partial charge in [-0.2, -0.15) is 0 Å². The van der Waals surface area contributed by atoms with Gasteiger partial charge in [0.15, 0.2) is 0 Å². The van der Waals surface area contributed by atoms with Gasteiger partial charge in [0.2, 0.25) is 0 Å². The molecule has 0 unspecified atom stereocenters. The highest BCUT2D eigenvalue weighted by molar-refractivity contribution is 6.13. The number of hydrogen-bond donors (Lipinski definition) is 2. The molecule has 0 radical (unpaired) electrons. The molecule has 0 saturated carbocycles. The van der Waals surface area contributed by atoms with Crippen molar-refractivity contribution < 1.29 is 4.74 Å². The molecule has 4 heteroatoms. The average Bonchev–Trinajstić information content (AvgIpc) is 2.46. The lowest BCUT2D eigenvalue weighted by Gasteiger charge is -2.09. The maximum Gasteiger partial charge on any atom is 0.135 e. The van der Waals surface area contributed by atoms with E-state index in [1.54, 1.807) is 20.4 Å². The lowest BCUT2D eigenvalue weighted by atomic mass is 10.0. The van der Waals surface area contributed by atoms with E-state index in [4.69, 9.17) is 10.1 Å². The molecule has 4 nitrogen and oxygen atoms in total. The van der Waals surface area contributed by atoms with E-state index in [9.17, 15) is 0 Å². The van der Waals surface area contributed by atoms with E-state index in [2.05, 4.69) is 10.3 Å². The van der Waals surface area contributed by atoms with Gasteiger partial charge in [-0.15, -0.1) is 0 Å². The molecule has 0 atom stereocenters. The van der Waals surface area contributed by atoms with Gasteiger partial charge in [-0.25, -0.2) is 4.98 Å². The van der Waals surface area contributed by atoms with E-state index < -0.39 is 0 Å². The predicted octanol–water partition coefficient (Wildman–Crippen LogP) is 2.55. The molecule has 1 aromatic carbocycles. The van der Waals surface area contributed by atoms with Crippen molar-refractivity contribution >= 4 is 11.5 Å². The van der Waals surface area contributed by atoms with Crippen LogP contribution in [0, 0.1) is 5.41 Å². The molecule has 0 amide bonds. The number of aromatic nitrogens is 1. The molecule has 0 aliphatic heterocycles. The van der Waals surface area contributed by atoms with Crippen LogP contribution in [-0.2, 0) is 0 Å². The number of hydrogen-bond acceptors (Lipinski definition) is 4. The standard InChI is InChI=1S/C14H15N3O/c1-16-14-12(4-3-9-17-14)13(15)10-5-7-11(18-2)8-6-10/h3-9,15H,1-2H3,(H,16,17). The first-order valence-corrected chi connectivity index (χ1v) is 5.62. The first kappa shape index (κ1) is 12.1. The Labute approximate surface area is 106 Å². The van der Waals surface area contributed by atoms with Crippen molar-refractivity contribution in [2.75, 3.05) is 19.5 Å². The molecule has 92 valence electrons. The minimum Gasteiger partial charge on any atom is -0.497 e. The Kier molecular flexibility index (Phi) is 3.57. The van der Waals surface area contributed by atoms with Gasteiger partial charge >= 0.3 is 0 Å². The maximum atomic E-state index is 8.22. The van der Waals surface area contributed by atoms with E-state index in [0.29, 0.717) is 11.5 Å². The van der Waals surface area contributed by atoms with Crippen LogP contribution in [0.1, 0.15) is 11.1 Å². The quantitative estimate of drug-likeness (QED) is 0.809. The fraction of sp³-hybridized carbons (Fsp3) is 0.143. The molecule has 2 N–H and O–H groups in total. The van der Waals surface area contributed by atoms with Crippen molar-refractivity contribution in [1.29, 1.82) is 5.41 Å².